The first-order chi connectivity index (χ1) is 9.03. The Labute approximate surface area is 141 Å². The van der Waals surface area contributed by atoms with Gasteiger partial charge in [0, 0.05) is 18.1 Å². The molecule has 2 fully saturated rings. The zero-order valence-corrected chi connectivity index (χ0v) is 14.9. The van der Waals surface area contributed by atoms with Crippen LogP contribution >= 0.6 is 24.8 Å². The lowest BCUT2D eigenvalue weighted by Crippen LogP contribution is -2.56. The van der Waals surface area contributed by atoms with Crippen LogP contribution in [0.2, 0.25) is 0 Å². The van der Waals surface area contributed by atoms with Crippen LogP contribution in [-0.2, 0) is 4.79 Å². The summed E-state index contributed by atoms with van der Waals surface area (Å²) in [6.45, 7) is 7.46. The van der Waals surface area contributed by atoms with E-state index in [1.807, 2.05) is 6.92 Å². The molecule has 1 aliphatic carbocycles. The van der Waals surface area contributed by atoms with Crippen LogP contribution in [0, 0.1) is 5.92 Å². The van der Waals surface area contributed by atoms with Crippen LogP contribution in [0.1, 0.15) is 52.4 Å². The summed E-state index contributed by atoms with van der Waals surface area (Å²) in [7, 11) is 0. The Morgan fingerprint density at radius 3 is 2.62 bits per heavy atom. The van der Waals surface area contributed by atoms with Crippen molar-refractivity contribution in [3.05, 3.63) is 0 Å². The Morgan fingerprint density at radius 2 is 2.00 bits per heavy atom. The normalized spacial score (nSPS) is 33.5. The molecule has 6 heteroatoms. The summed E-state index contributed by atoms with van der Waals surface area (Å²) in [5, 5.41) is 3.25. The van der Waals surface area contributed by atoms with Crippen molar-refractivity contribution in [2.45, 2.75) is 64.0 Å². The Kier molecular flexibility index (Phi) is 9.17. The first-order valence-corrected chi connectivity index (χ1v) is 7.84. The highest BCUT2D eigenvalue weighted by Crippen LogP contribution is 2.31. The number of halogens is 2. The summed E-state index contributed by atoms with van der Waals surface area (Å²) >= 11 is 0. The summed E-state index contributed by atoms with van der Waals surface area (Å²) in [5.74, 6) is 0.186. The van der Waals surface area contributed by atoms with Gasteiger partial charge >= 0.3 is 0 Å². The second-order valence-corrected chi connectivity index (χ2v) is 6.55. The molecule has 0 aromatic rings. The van der Waals surface area contributed by atoms with Crippen molar-refractivity contribution in [3.63, 3.8) is 0 Å². The molecule has 1 heterocycles. The molecule has 3 atom stereocenters. The average molecular weight is 340 g/mol. The van der Waals surface area contributed by atoms with Gasteiger partial charge in [-0.25, -0.2) is 0 Å². The van der Waals surface area contributed by atoms with Crippen molar-refractivity contribution >= 4 is 30.7 Å². The molecule has 0 radical (unpaired) electrons. The summed E-state index contributed by atoms with van der Waals surface area (Å²) in [4.78, 5) is 14.9. The maximum atomic E-state index is 12.5. The molecule has 1 amide bonds. The lowest BCUT2D eigenvalue weighted by molar-refractivity contribution is -0.129. The van der Waals surface area contributed by atoms with E-state index in [0.717, 1.165) is 45.2 Å². The second-order valence-electron chi connectivity index (χ2n) is 6.55. The van der Waals surface area contributed by atoms with Gasteiger partial charge in [-0.05, 0) is 45.7 Å². The number of likely N-dealkylation sites (tertiary alicyclic amines) is 1. The van der Waals surface area contributed by atoms with Crippen molar-refractivity contribution < 1.29 is 4.79 Å². The Bertz CT molecular complexity index is 326. The summed E-state index contributed by atoms with van der Waals surface area (Å²) in [5.41, 5.74) is 5.99. The number of amides is 1. The predicted molar refractivity (Wildman–Crippen MR) is 92.3 cm³/mol. The molecule has 2 aliphatic rings. The number of nitrogens with two attached hydrogens (primary N) is 1. The third-order valence-electron chi connectivity index (χ3n) is 4.87. The van der Waals surface area contributed by atoms with Crippen molar-refractivity contribution in [3.8, 4) is 0 Å². The highest BCUT2D eigenvalue weighted by molar-refractivity contribution is 5.85. The summed E-state index contributed by atoms with van der Waals surface area (Å²) in [6, 6.07) is 0.318. The van der Waals surface area contributed by atoms with E-state index in [2.05, 4.69) is 17.1 Å². The fourth-order valence-electron chi connectivity index (χ4n) is 3.55. The third kappa shape index (κ3) is 5.59. The van der Waals surface area contributed by atoms with E-state index >= 15 is 0 Å². The molecule has 3 N–H and O–H groups in total. The monoisotopic (exact) mass is 339 g/mol. The van der Waals surface area contributed by atoms with E-state index in [-0.39, 0.29) is 42.2 Å². The lowest BCUT2D eigenvalue weighted by Gasteiger charge is -2.39. The van der Waals surface area contributed by atoms with E-state index in [1.165, 1.54) is 13.0 Å². The van der Waals surface area contributed by atoms with Crippen LogP contribution in [-0.4, -0.2) is 42.0 Å². The molecule has 126 valence electrons. The molecule has 1 aliphatic heterocycles. The molecule has 4 nitrogen and oxygen atoms in total. The molecule has 0 aromatic heterocycles. The zero-order chi connectivity index (χ0) is 13.9. The molecule has 2 rings (SSSR count). The van der Waals surface area contributed by atoms with E-state index in [9.17, 15) is 4.79 Å². The van der Waals surface area contributed by atoms with E-state index in [0.29, 0.717) is 6.04 Å². The first-order valence-electron chi connectivity index (χ1n) is 7.84. The standard InChI is InChI=1S/C15H29N3O.2ClH/c1-3-18-10-6-7-12(11-18)17-14(19)13-8-4-5-9-15(13,2)16;;/h12-13H,3-11,16H2,1-2H3,(H,17,19);2*1H. The van der Waals surface area contributed by atoms with Gasteiger partial charge in [0.25, 0.3) is 0 Å². The minimum absolute atomic E-state index is 0. The molecule has 21 heavy (non-hydrogen) atoms. The van der Waals surface area contributed by atoms with Gasteiger partial charge in [0.05, 0.1) is 5.92 Å². The number of likely N-dealkylation sites (N-methyl/N-ethyl adjacent to an activating group) is 1. The Morgan fingerprint density at radius 1 is 1.29 bits per heavy atom. The minimum Gasteiger partial charge on any atom is -0.352 e. The number of nitrogens with one attached hydrogen (secondary N) is 1. The predicted octanol–water partition coefficient (Wildman–Crippen LogP) is 2.34. The fourth-order valence-corrected chi connectivity index (χ4v) is 3.55. The number of hydrogen-bond donors (Lipinski definition) is 2. The van der Waals surface area contributed by atoms with Crippen LogP contribution in [0.5, 0.6) is 0 Å². The van der Waals surface area contributed by atoms with E-state index < -0.39 is 0 Å². The number of carbonyl (C=O) groups excluding carboxylic acids is 1. The highest BCUT2D eigenvalue weighted by atomic mass is 35.5. The zero-order valence-electron chi connectivity index (χ0n) is 13.3. The average Bonchev–Trinajstić information content (AvgIpc) is 2.38. The number of piperidine rings is 1. The number of rotatable bonds is 3. The van der Waals surface area contributed by atoms with Gasteiger partial charge in [-0.15, -0.1) is 24.8 Å². The molecule has 1 saturated carbocycles. The van der Waals surface area contributed by atoms with Gasteiger partial charge in [0.15, 0.2) is 0 Å². The van der Waals surface area contributed by atoms with Gasteiger partial charge in [-0.1, -0.05) is 19.8 Å². The summed E-state index contributed by atoms with van der Waals surface area (Å²) < 4.78 is 0. The van der Waals surface area contributed by atoms with Crippen molar-refractivity contribution in [2.75, 3.05) is 19.6 Å². The van der Waals surface area contributed by atoms with Crippen LogP contribution in [0.3, 0.4) is 0 Å². The minimum atomic E-state index is -0.318. The Hall–Kier alpha value is -0.0300. The Balaban J connectivity index is 0.00000200. The van der Waals surface area contributed by atoms with Crippen molar-refractivity contribution in [1.29, 1.82) is 0 Å². The molecule has 0 bridgehead atoms. The van der Waals surface area contributed by atoms with Crippen molar-refractivity contribution in [2.24, 2.45) is 11.7 Å². The maximum Gasteiger partial charge on any atom is 0.225 e. The number of hydrogen-bond acceptors (Lipinski definition) is 3. The SMILES string of the molecule is CCN1CCCC(NC(=O)C2CCCCC2(C)N)C1.Cl.Cl. The maximum absolute atomic E-state index is 12.5. The van der Waals surface area contributed by atoms with Crippen LogP contribution in [0.25, 0.3) is 0 Å². The molecule has 1 saturated heterocycles. The highest BCUT2D eigenvalue weighted by Gasteiger charge is 2.38. The third-order valence-corrected chi connectivity index (χ3v) is 4.87. The topological polar surface area (TPSA) is 58.4 Å². The molecule has 0 spiro atoms. The number of nitrogens with zero attached hydrogens (tertiary/aromatic N) is 1. The van der Waals surface area contributed by atoms with Crippen LogP contribution in [0.4, 0.5) is 0 Å². The quantitative estimate of drug-likeness (QED) is 0.829. The van der Waals surface area contributed by atoms with Crippen molar-refractivity contribution in [1.82, 2.24) is 10.2 Å². The molecule has 3 unspecified atom stereocenters. The van der Waals surface area contributed by atoms with Gasteiger partial charge in [-0.3, -0.25) is 4.79 Å². The fraction of sp³-hybridized carbons (Fsp3) is 0.933. The largest absolute Gasteiger partial charge is 0.352 e. The van der Waals surface area contributed by atoms with Gasteiger partial charge < -0.3 is 16.0 Å². The second kappa shape index (κ2) is 9.19. The van der Waals surface area contributed by atoms with Gasteiger partial charge in [0.1, 0.15) is 0 Å². The smallest absolute Gasteiger partial charge is 0.225 e. The molecular weight excluding hydrogens is 309 g/mol. The van der Waals surface area contributed by atoms with Gasteiger partial charge in [0.2, 0.25) is 5.91 Å². The van der Waals surface area contributed by atoms with Crippen LogP contribution < -0.4 is 11.1 Å². The van der Waals surface area contributed by atoms with Crippen LogP contribution in [0.15, 0.2) is 0 Å². The number of carbonyl (C=O) groups is 1. The van der Waals surface area contributed by atoms with E-state index in [1.54, 1.807) is 0 Å². The lowest BCUT2D eigenvalue weighted by atomic mass is 9.74. The first kappa shape index (κ1) is 21.0. The molecular formula is C15H31Cl2N3O. The molecule has 0 aromatic carbocycles. The summed E-state index contributed by atoms with van der Waals surface area (Å²) in [6.07, 6.45) is 6.50. The van der Waals surface area contributed by atoms with Gasteiger partial charge in [-0.2, -0.15) is 0 Å². The van der Waals surface area contributed by atoms with E-state index in [4.69, 9.17) is 5.73 Å².